The fraction of sp³-hybridized carbons (Fsp3) is 0.133. The Morgan fingerprint density at radius 2 is 2.16 bits per heavy atom. The summed E-state index contributed by atoms with van der Waals surface area (Å²) >= 11 is 1.74. The van der Waals surface area contributed by atoms with E-state index in [0.29, 0.717) is 0 Å². The molecule has 0 aliphatic rings. The van der Waals surface area contributed by atoms with E-state index in [0.717, 1.165) is 28.4 Å². The van der Waals surface area contributed by atoms with Gasteiger partial charge < -0.3 is 8.82 Å². The monoisotopic (exact) mass is 268 g/mol. The molecule has 0 N–H and O–H groups in total. The van der Waals surface area contributed by atoms with Crippen LogP contribution >= 0.6 is 11.3 Å². The molecular formula is C15H12N2OS. The Morgan fingerprint density at radius 3 is 2.95 bits per heavy atom. The highest BCUT2D eigenvalue weighted by molar-refractivity contribution is 7.17. The molecule has 0 radical (unpaired) electrons. The summed E-state index contributed by atoms with van der Waals surface area (Å²) in [5.74, 6) is 1.84. The molecule has 0 aliphatic heterocycles. The SMILES string of the molecule is Cc1cc(-c2cn3ccc4sccc4c3n2)c(C)o1. The molecule has 0 bridgehead atoms. The number of aryl methyl sites for hydroxylation is 2. The number of rotatable bonds is 1. The molecule has 4 heterocycles. The Hall–Kier alpha value is -2.07. The summed E-state index contributed by atoms with van der Waals surface area (Å²) in [5, 5.41) is 3.31. The second kappa shape index (κ2) is 3.71. The highest BCUT2D eigenvalue weighted by Gasteiger charge is 2.12. The van der Waals surface area contributed by atoms with Gasteiger partial charge in [0, 0.05) is 28.0 Å². The molecule has 4 aromatic heterocycles. The maximum absolute atomic E-state index is 5.59. The molecule has 0 amide bonds. The molecule has 0 saturated carbocycles. The second-order valence-electron chi connectivity index (χ2n) is 4.70. The average molecular weight is 268 g/mol. The van der Waals surface area contributed by atoms with Gasteiger partial charge in [-0.15, -0.1) is 11.3 Å². The van der Waals surface area contributed by atoms with Crippen LogP contribution in [0.3, 0.4) is 0 Å². The van der Waals surface area contributed by atoms with Crippen LogP contribution in [0, 0.1) is 13.8 Å². The van der Waals surface area contributed by atoms with E-state index in [9.17, 15) is 0 Å². The van der Waals surface area contributed by atoms with Crippen molar-refractivity contribution in [1.82, 2.24) is 9.38 Å². The molecule has 3 nitrogen and oxygen atoms in total. The number of thiophene rings is 1. The summed E-state index contributed by atoms with van der Waals surface area (Å²) in [4.78, 5) is 4.77. The summed E-state index contributed by atoms with van der Waals surface area (Å²) in [6.45, 7) is 3.94. The normalized spacial score (nSPS) is 11.7. The molecule has 0 saturated heterocycles. The number of hydrogen-bond donors (Lipinski definition) is 0. The molecule has 0 atom stereocenters. The van der Waals surface area contributed by atoms with E-state index in [1.54, 1.807) is 11.3 Å². The molecule has 4 rings (SSSR count). The summed E-state index contributed by atoms with van der Waals surface area (Å²) in [6, 6.07) is 6.30. The molecule has 19 heavy (non-hydrogen) atoms. The van der Waals surface area contributed by atoms with Crippen LogP contribution in [0.1, 0.15) is 11.5 Å². The summed E-state index contributed by atoms with van der Waals surface area (Å²) < 4.78 is 8.93. The van der Waals surface area contributed by atoms with Gasteiger partial charge in [0.25, 0.3) is 0 Å². The zero-order valence-corrected chi connectivity index (χ0v) is 11.5. The summed E-state index contributed by atoms with van der Waals surface area (Å²) in [7, 11) is 0. The Bertz CT molecular complexity index is 897. The van der Waals surface area contributed by atoms with E-state index >= 15 is 0 Å². The lowest BCUT2D eigenvalue weighted by Crippen LogP contribution is -1.80. The van der Waals surface area contributed by atoms with Crippen LogP contribution in [0.2, 0.25) is 0 Å². The van der Waals surface area contributed by atoms with Gasteiger partial charge in [0.2, 0.25) is 0 Å². The predicted molar refractivity (Wildman–Crippen MR) is 77.8 cm³/mol. The highest BCUT2D eigenvalue weighted by Crippen LogP contribution is 2.29. The highest BCUT2D eigenvalue weighted by atomic mass is 32.1. The number of aromatic nitrogens is 2. The maximum Gasteiger partial charge on any atom is 0.146 e. The Labute approximate surface area is 114 Å². The second-order valence-corrected chi connectivity index (χ2v) is 5.65. The van der Waals surface area contributed by atoms with Crippen molar-refractivity contribution in [2.45, 2.75) is 13.8 Å². The van der Waals surface area contributed by atoms with Crippen LogP contribution in [-0.4, -0.2) is 9.38 Å². The standard InChI is InChI=1S/C15H12N2OS/c1-9-7-12(10(2)18-9)13-8-17-5-3-14-11(4-6-19-14)15(17)16-13/h3-8H,1-2H3. The van der Waals surface area contributed by atoms with Gasteiger partial charge in [-0.25, -0.2) is 4.98 Å². The van der Waals surface area contributed by atoms with Gasteiger partial charge in [-0.3, -0.25) is 0 Å². The largest absolute Gasteiger partial charge is 0.466 e. The summed E-state index contributed by atoms with van der Waals surface area (Å²) in [6.07, 6.45) is 4.12. The lowest BCUT2D eigenvalue weighted by atomic mass is 10.2. The van der Waals surface area contributed by atoms with Gasteiger partial charge in [0.1, 0.15) is 17.2 Å². The van der Waals surface area contributed by atoms with Gasteiger partial charge in [0.15, 0.2) is 0 Å². The third kappa shape index (κ3) is 1.53. The van der Waals surface area contributed by atoms with Crippen molar-refractivity contribution >= 4 is 27.1 Å². The van der Waals surface area contributed by atoms with Crippen molar-refractivity contribution < 1.29 is 4.42 Å². The van der Waals surface area contributed by atoms with Gasteiger partial charge in [-0.05, 0) is 37.4 Å². The van der Waals surface area contributed by atoms with Crippen LogP contribution in [-0.2, 0) is 0 Å². The number of imidazole rings is 1. The lowest BCUT2D eigenvalue weighted by molar-refractivity contribution is 0.505. The smallest absolute Gasteiger partial charge is 0.146 e. The molecule has 0 aliphatic carbocycles. The van der Waals surface area contributed by atoms with Crippen LogP contribution in [0.15, 0.2) is 40.4 Å². The van der Waals surface area contributed by atoms with Crippen molar-refractivity contribution in [3.05, 3.63) is 47.5 Å². The Morgan fingerprint density at radius 1 is 1.26 bits per heavy atom. The molecule has 0 fully saturated rings. The van der Waals surface area contributed by atoms with Gasteiger partial charge in [-0.2, -0.15) is 0 Å². The zero-order valence-electron chi connectivity index (χ0n) is 10.7. The van der Waals surface area contributed by atoms with Crippen molar-refractivity contribution in [1.29, 1.82) is 0 Å². The minimum absolute atomic E-state index is 0.919. The molecule has 4 aromatic rings. The van der Waals surface area contributed by atoms with Crippen LogP contribution in [0.25, 0.3) is 27.0 Å². The van der Waals surface area contributed by atoms with Gasteiger partial charge in [0.05, 0.1) is 5.69 Å². The molecule has 4 heteroatoms. The quantitative estimate of drug-likeness (QED) is 0.511. The first-order valence-electron chi connectivity index (χ1n) is 6.15. The minimum Gasteiger partial charge on any atom is -0.466 e. The zero-order chi connectivity index (χ0) is 13.0. The Balaban J connectivity index is 2.03. The van der Waals surface area contributed by atoms with Crippen LogP contribution < -0.4 is 0 Å². The maximum atomic E-state index is 5.59. The van der Waals surface area contributed by atoms with Crippen LogP contribution in [0.4, 0.5) is 0 Å². The summed E-state index contributed by atoms with van der Waals surface area (Å²) in [5.41, 5.74) is 3.05. The van der Waals surface area contributed by atoms with Crippen molar-refractivity contribution in [3.8, 4) is 11.3 Å². The lowest BCUT2D eigenvalue weighted by Gasteiger charge is -1.92. The first-order chi connectivity index (χ1) is 9.22. The third-order valence-corrected chi connectivity index (χ3v) is 4.25. The van der Waals surface area contributed by atoms with Crippen molar-refractivity contribution in [2.24, 2.45) is 0 Å². The number of fused-ring (bicyclic) bond motifs is 3. The molecule has 94 valence electrons. The van der Waals surface area contributed by atoms with E-state index in [1.807, 2.05) is 19.9 Å². The van der Waals surface area contributed by atoms with E-state index < -0.39 is 0 Å². The number of nitrogens with zero attached hydrogens (tertiary/aromatic N) is 2. The van der Waals surface area contributed by atoms with Gasteiger partial charge in [-0.1, -0.05) is 0 Å². The topological polar surface area (TPSA) is 30.4 Å². The van der Waals surface area contributed by atoms with Crippen LogP contribution in [0.5, 0.6) is 0 Å². The van der Waals surface area contributed by atoms with Crippen molar-refractivity contribution in [3.63, 3.8) is 0 Å². The van der Waals surface area contributed by atoms with E-state index in [2.05, 4.69) is 34.3 Å². The average Bonchev–Trinajstić information content (AvgIpc) is 3.05. The van der Waals surface area contributed by atoms with E-state index in [1.165, 1.54) is 10.1 Å². The van der Waals surface area contributed by atoms with E-state index in [-0.39, 0.29) is 0 Å². The molecule has 0 unspecified atom stereocenters. The number of hydrogen-bond acceptors (Lipinski definition) is 3. The molecule has 0 spiro atoms. The fourth-order valence-corrected chi connectivity index (χ4v) is 3.28. The minimum atomic E-state index is 0.919. The number of furan rings is 1. The fourth-order valence-electron chi connectivity index (χ4n) is 2.50. The van der Waals surface area contributed by atoms with E-state index in [4.69, 9.17) is 9.40 Å². The van der Waals surface area contributed by atoms with Crippen molar-refractivity contribution in [2.75, 3.05) is 0 Å². The van der Waals surface area contributed by atoms with Gasteiger partial charge >= 0.3 is 0 Å². The first-order valence-corrected chi connectivity index (χ1v) is 7.02. The molecular weight excluding hydrogens is 256 g/mol. The number of pyridine rings is 1. The Kier molecular flexibility index (Phi) is 2.11. The third-order valence-electron chi connectivity index (χ3n) is 3.37. The molecule has 0 aromatic carbocycles. The predicted octanol–water partition coefficient (Wildman–Crippen LogP) is 4.43. The first kappa shape index (κ1) is 10.8.